The molecule has 3 nitrogen and oxygen atoms in total. The third-order valence-electron chi connectivity index (χ3n) is 2.31. The molecule has 1 heterocycles. The fourth-order valence-electron chi connectivity index (χ4n) is 1.25. The second kappa shape index (κ2) is 3.58. The zero-order valence-electron chi connectivity index (χ0n) is 7.88. The van der Waals surface area contributed by atoms with E-state index in [0.29, 0.717) is 10.8 Å². The lowest BCUT2D eigenvalue weighted by molar-refractivity contribution is -0.117. The number of carbonyl (C=O) groups excluding carboxylic acids is 1. The molecule has 1 aliphatic rings. The number of amides is 1. The highest BCUT2D eigenvalue weighted by molar-refractivity contribution is 6.32. The van der Waals surface area contributed by atoms with Gasteiger partial charge in [0.25, 0.3) is 0 Å². The van der Waals surface area contributed by atoms with E-state index in [2.05, 4.69) is 10.3 Å². The number of nitrogens with zero attached hydrogens (tertiary/aromatic N) is 1. The van der Waals surface area contributed by atoms with Crippen LogP contribution in [-0.2, 0) is 4.79 Å². The van der Waals surface area contributed by atoms with E-state index in [1.165, 1.54) is 0 Å². The van der Waals surface area contributed by atoms with Crippen molar-refractivity contribution >= 4 is 23.2 Å². The van der Waals surface area contributed by atoms with Gasteiger partial charge in [-0.15, -0.1) is 0 Å². The Morgan fingerprint density at radius 3 is 2.93 bits per heavy atom. The molecule has 0 aliphatic heterocycles. The summed E-state index contributed by atoms with van der Waals surface area (Å²) in [5.41, 5.74) is 1.59. The number of pyridine rings is 1. The van der Waals surface area contributed by atoms with Crippen molar-refractivity contribution in [1.29, 1.82) is 0 Å². The average Bonchev–Trinajstić information content (AvgIpc) is 2.94. The second-order valence-electron chi connectivity index (χ2n) is 3.56. The van der Waals surface area contributed by atoms with E-state index in [4.69, 9.17) is 11.6 Å². The number of nitrogens with one attached hydrogen (secondary N) is 1. The Morgan fingerprint density at radius 1 is 1.64 bits per heavy atom. The van der Waals surface area contributed by atoms with Crippen molar-refractivity contribution in [2.45, 2.75) is 19.8 Å². The van der Waals surface area contributed by atoms with Crippen molar-refractivity contribution in [2.24, 2.45) is 5.92 Å². The number of rotatable bonds is 2. The monoisotopic (exact) mass is 210 g/mol. The third kappa shape index (κ3) is 1.87. The minimum Gasteiger partial charge on any atom is -0.323 e. The van der Waals surface area contributed by atoms with Gasteiger partial charge in [-0.3, -0.25) is 4.79 Å². The van der Waals surface area contributed by atoms with Crippen molar-refractivity contribution in [3.8, 4) is 0 Å². The van der Waals surface area contributed by atoms with Gasteiger partial charge in [-0.25, -0.2) is 4.98 Å². The summed E-state index contributed by atoms with van der Waals surface area (Å²) >= 11 is 5.87. The topological polar surface area (TPSA) is 42.0 Å². The maximum atomic E-state index is 11.5. The summed E-state index contributed by atoms with van der Waals surface area (Å²) in [6, 6.07) is 1.83. The van der Waals surface area contributed by atoms with Gasteiger partial charge in [0.15, 0.2) is 5.15 Å². The summed E-state index contributed by atoms with van der Waals surface area (Å²) < 4.78 is 0. The summed E-state index contributed by atoms with van der Waals surface area (Å²) in [5, 5.41) is 3.17. The maximum absolute atomic E-state index is 11.5. The number of aryl methyl sites for hydroxylation is 1. The molecular weight excluding hydrogens is 200 g/mol. The Bertz CT molecular complexity index is 354. The van der Waals surface area contributed by atoms with Gasteiger partial charge in [0.05, 0.1) is 5.69 Å². The van der Waals surface area contributed by atoms with Gasteiger partial charge in [0.2, 0.25) is 5.91 Å². The van der Waals surface area contributed by atoms with Crippen LogP contribution in [-0.4, -0.2) is 10.9 Å². The Morgan fingerprint density at radius 2 is 2.36 bits per heavy atom. The summed E-state index contributed by atoms with van der Waals surface area (Å²) in [4.78, 5) is 15.4. The number of aromatic nitrogens is 1. The quantitative estimate of drug-likeness (QED) is 0.762. The number of halogens is 1. The number of hydrogen-bond donors (Lipinski definition) is 1. The van der Waals surface area contributed by atoms with Crippen LogP contribution in [0.5, 0.6) is 0 Å². The first-order valence-electron chi connectivity index (χ1n) is 4.60. The largest absolute Gasteiger partial charge is 0.323 e. The van der Waals surface area contributed by atoms with Crippen LogP contribution in [0.3, 0.4) is 0 Å². The predicted molar refractivity (Wildman–Crippen MR) is 55.3 cm³/mol. The molecule has 4 heteroatoms. The van der Waals surface area contributed by atoms with Crippen molar-refractivity contribution < 1.29 is 4.79 Å². The predicted octanol–water partition coefficient (Wildman–Crippen LogP) is 2.39. The fourth-order valence-corrected chi connectivity index (χ4v) is 1.50. The molecule has 74 valence electrons. The van der Waals surface area contributed by atoms with Crippen LogP contribution in [0.2, 0.25) is 5.15 Å². The molecule has 0 radical (unpaired) electrons. The zero-order valence-corrected chi connectivity index (χ0v) is 8.64. The lowest BCUT2D eigenvalue weighted by Crippen LogP contribution is -2.14. The molecule has 1 amide bonds. The highest BCUT2D eigenvalue weighted by Gasteiger charge is 2.30. The molecule has 1 saturated carbocycles. The van der Waals surface area contributed by atoms with Gasteiger partial charge in [0, 0.05) is 12.1 Å². The molecule has 0 atom stereocenters. The third-order valence-corrected chi connectivity index (χ3v) is 2.60. The molecule has 14 heavy (non-hydrogen) atoms. The van der Waals surface area contributed by atoms with E-state index in [1.54, 1.807) is 6.20 Å². The molecular formula is C10H11ClN2O. The molecule has 0 unspecified atom stereocenters. The molecule has 1 fully saturated rings. The standard InChI is InChI=1S/C10H11ClN2O/c1-6-4-5-12-9(11)8(6)13-10(14)7-2-3-7/h4-5,7H,2-3H2,1H3,(H,13,14). The molecule has 2 rings (SSSR count). The van der Waals surface area contributed by atoms with Crippen LogP contribution in [0.1, 0.15) is 18.4 Å². The van der Waals surface area contributed by atoms with Gasteiger partial charge in [-0.1, -0.05) is 11.6 Å². The SMILES string of the molecule is Cc1ccnc(Cl)c1NC(=O)C1CC1. The van der Waals surface area contributed by atoms with Crippen LogP contribution in [0.4, 0.5) is 5.69 Å². The average molecular weight is 211 g/mol. The molecule has 1 aromatic rings. The molecule has 0 spiro atoms. The smallest absolute Gasteiger partial charge is 0.227 e. The number of hydrogen-bond acceptors (Lipinski definition) is 2. The first kappa shape index (κ1) is 9.46. The molecule has 1 aliphatic carbocycles. The summed E-state index contributed by atoms with van der Waals surface area (Å²) in [5.74, 6) is 0.244. The van der Waals surface area contributed by atoms with Gasteiger partial charge >= 0.3 is 0 Å². The van der Waals surface area contributed by atoms with Gasteiger partial charge in [-0.2, -0.15) is 0 Å². The van der Waals surface area contributed by atoms with E-state index >= 15 is 0 Å². The van der Waals surface area contributed by atoms with Crippen molar-refractivity contribution in [2.75, 3.05) is 5.32 Å². The van der Waals surface area contributed by atoms with Crippen LogP contribution < -0.4 is 5.32 Å². The Labute approximate surface area is 87.5 Å². The minimum atomic E-state index is 0.0583. The first-order valence-corrected chi connectivity index (χ1v) is 4.98. The van der Waals surface area contributed by atoms with Crippen molar-refractivity contribution in [3.05, 3.63) is 23.0 Å². The number of anilines is 1. The van der Waals surface area contributed by atoms with E-state index in [1.807, 2.05) is 13.0 Å². The van der Waals surface area contributed by atoms with Crippen molar-refractivity contribution in [3.63, 3.8) is 0 Å². The van der Waals surface area contributed by atoms with Crippen molar-refractivity contribution in [1.82, 2.24) is 4.98 Å². The lowest BCUT2D eigenvalue weighted by atomic mass is 10.2. The van der Waals surface area contributed by atoms with Crippen LogP contribution in [0.15, 0.2) is 12.3 Å². The normalized spacial score (nSPS) is 15.3. The molecule has 0 aromatic carbocycles. The molecule has 0 saturated heterocycles. The molecule has 0 bridgehead atoms. The van der Waals surface area contributed by atoms with Crippen LogP contribution in [0.25, 0.3) is 0 Å². The summed E-state index contributed by atoms with van der Waals surface area (Å²) in [7, 11) is 0. The fraction of sp³-hybridized carbons (Fsp3) is 0.400. The molecule has 1 N–H and O–H groups in total. The first-order chi connectivity index (χ1) is 6.68. The zero-order chi connectivity index (χ0) is 10.1. The summed E-state index contributed by atoms with van der Waals surface area (Å²) in [6.07, 6.45) is 3.61. The van der Waals surface area contributed by atoms with Gasteiger partial charge in [0.1, 0.15) is 0 Å². The van der Waals surface area contributed by atoms with Gasteiger partial charge < -0.3 is 5.32 Å². The Balaban J connectivity index is 2.18. The Hall–Kier alpha value is -1.09. The highest BCUT2D eigenvalue weighted by atomic mass is 35.5. The van der Waals surface area contributed by atoms with E-state index in [0.717, 1.165) is 18.4 Å². The van der Waals surface area contributed by atoms with Crippen LogP contribution >= 0.6 is 11.6 Å². The lowest BCUT2D eigenvalue weighted by Gasteiger charge is -2.08. The van der Waals surface area contributed by atoms with Gasteiger partial charge in [-0.05, 0) is 31.4 Å². The highest BCUT2D eigenvalue weighted by Crippen LogP contribution is 2.31. The van der Waals surface area contributed by atoms with E-state index in [9.17, 15) is 4.79 Å². The number of carbonyl (C=O) groups is 1. The van der Waals surface area contributed by atoms with E-state index in [-0.39, 0.29) is 11.8 Å². The Kier molecular flexibility index (Phi) is 2.42. The maximum Gasteiger partial charge on any atom is 0.227 e. The summed E-state index contributed by atoms with van der Waals surface area (Å²) in [6.45, 7) is 1.90. The van der Waals surface area contributed by atoms with Crippen LogP contribution in [0, 0.1) is 12.8 Å². The van der Waals surface area contributed by atoms with E-state index < -0.39 is 0 Å². The molecule has 1 aromatic heterocycles. The second-order valence-corrected chi connectivity index (χ2v) is 3.92. The minimum absolute atomic E-state index is 0.0583.